The molecule has 0 saturated carbocycles. The molecule has 0 spiro atoms. The molecule has 0 unspecified atom stereocenters. The minimum atomic E-state index is -1.14. The highest BCUT2D eigenvalue weighted by molar-refractivity contribution is 7.11. The monoisotopic (exact) mass is 147 g/mol. The van der Waals surface area contributed by atoms with Crippen LogP contribution in [0.3, 0.4) is 0 Å². The lowest BCUT2D eigenvalue weighted by Gasteiger charge is -1.77. The molecule has 9 heavy (non-hydrogen) atoms. The zero-order valence-corrected chi connectivity index (χ0v) is 4.98. The Morgan fingerprint density at radius 1 is 1.89 bits per heavy atom. The number of carbonyl (C=O) groups is 1. The third-order valence-electron chi connectivity index (χ3n) is 0.688. The predicted molar refractivity (Wildman–Crippen MR) is 29.0 cm³/mol. The molecule has 1 aromatic heterocycles. The van der Waals surface area contributed by atoms with Gasteiger partial charge in [0, 0.05) is 0 Å². The zero-order chi connectivity index (χ0) is 6.85. The zero-order valence-electron chi connectivity index (χ0n) is 4.17. The van der Waals surface area contributed by atoms with Gasteiger partial charge in [-0.1, -0.05) is 11.3 Å². The number of hydrogen-bond acceptors (Lipinski definition) is 3. The maximum absolute atomic E-state index is 11.9. The molecule has 1 aromatic rings. The Bertz CT molecular complexity index is 234. The number of thiazole rings is 1. The number of carboxylic acid groups (broad SMARTS) is 1. The molecule has 1 N–H and O–H groups in total. The fourth-order valence-electron chi connectivity index (χ4n) is 0.352. The van der Waals surface area contributed by atoms with Gasteiger partial charge < -0.3 is 5.11 Å². The Morgan fingerprint density at radius 3 is 2.78 bits per heavy atom. The highest BCUT2D eigenvalue weighted by Crippen LogP contribution is 2.09. The minimum absolute atomic E-state index is 0.0764. The van der Waals surface area contributed by atoms with Crippen molar-refractivity contribution in [1.82, 2.24) is 4.98 Å². The lowest BCUT2D eigenvalue weighted by atomic mass is 10.6. The van der Waals surface area contributed by atoms with Gasteiger partial charge >= 0.3 is 5.97 Å². The van der Waals surface area contributed by atoms with E-state index >= 15 is 0 Å². The van der Waals surface area contributed by atoms with Crippen LogP contribution < -0.4 is 0 Å². The summed E-state index contributed by atoms with van der Waals surface area (Å²) in [6.45, 7) is 0. The molecule has 5 heteroatoms. The Kier molecular flexibility index (Phi) is 1.44. The van der Waals surface area contributed by atoms with Crippen LogP contribution in [-0.2, 0) is 0 Å². The predicted octanol–water partition coefficient (Wildman–Crippen LogP) is 0.980. The van der Waals surface area contributed by atoms with Gasteiger partial charge in [0.2, 0.25) is 0 Å². The molecule has 0 amide bonds. The average molecular weight is 147 g/mol. The number of aromatic nitrogens is 1. The van der Waals surface area contributed by atoms with E-state index < -0.39 is 11.2 Å². The molecule has 0 fully saturated rings. The molecule has 0 radical (unpaired) electrons. The van der Waals surface area contributed by atoms with Gasteiger partial charge in [0.1, 0.15) is 4.88 Å². The van der Waals surface area contributed by atoms with E-state index in [1.165, 1.54) is 0 Å². The van der Waals surface area contributed by atoms with E-state index in [2.05, 4.69) is 4.98 Å². The maximum atomic E-state index is 11.9. The van der Waals surface area contributed by atoms with Gasteiger partial charge in [0.25, 0.3) is 5.26 Å². The van der Waals surface area contributed by atoms with Crippen molar-refractivity contribution in [2.75, 3.05) is 0 Å². The van der Waals surface area contributed by atoms with E-state index in [-0.39, 0.29) is 4.88 Å². The van der Waals surface area contributed by atoms with E-state index in [0.717, 1.165) is 6.20 Å². The summed E-state index contributed by atoms with van der Waals surface area (Å²) in [5.74, 6) is -1.14. The van der Waals surface area contributed by atoms with Gasteiger partial charge in [-0.05, 0) is 0 Å². The molecule has 3 nitrogen and oxygen atoms in total. The largest absolute Gasteiger partial charge is 0.477 e. The van der Waals surface area contributed by atoms with Gasteiger partial charge in [-0.3, -0.25) is 0 Å². The summed E-state index contributed by atoms with van der Waals surface area (Å²) in [4.78, 5) is 13.1. The quantitative estimate of drug-likeness (QED) is 0.644. The van der Waals surface area contributed by atoms with Crippen molar-refractivity contribution < 1.29 is 14.3 Å². The van der Waals surface area contributed by atoms with Gasteiger partial charge in [0.15, 0.2) is 0 Å². The van der Waals surface area contributed by atoms with Gasteiger partial charge in [-0.15, -0.1) is 0 Å². The lowest BCUT2D eigenvalue weighted by molar-refractivity contribution is 0.0702. The summed E-state index contributed by atoms with van der Waals surface area (Å²) < 4.78 is 11.9. The maximum Gasteiger partial charge on any atom is 0.347 e. The molecule has 0 aromatic carbocycles. The first kappa shape index (κ1) is 6.15. The van der Waals surface area contributed by atoms with Crippen molar-refractivity contribution >= 4 is 17.3 Å². The van der Waals surface area contributed by atoms with Crippen LogP contribution in [0.4, 0.5) is 4.39 Å². The van der Waals surface area contributed by atoms with Gasteiger partial charge in [0.05, 0.1) is 6.20 Å². The normalized spacial score (nSPS) is 9.44. The third-order valence-corrected chi connectivity index (χ3v) is 1.46. The van der Waals surface area contributed by atoms with Crippen LogP contribution in [0.25, 0.3) is 0 Å². The number of aromatic carboxylic acids is 1. The smallest absolute Gasteiger partial charge is 0.347 e. The third kappa shape index (κ3) is 1.23. The number of rotatable bonds is 1. The van der Waals surface area contributed by atoms with Crippen LogP contribution >= 0.6 is 11.3 Å². The summed E-state index contributed by atoms with van der Waals surface area (Å²) in [7, 11) is 0. The van der Waals surface area contributed by atoms with Crippen molar-refractivity contribution in [3.05, 3.63) is 16.3 Å². The van der Waals surface area contributed by atoms with E-state index in [9.17, 15) is 9.18 Å². The Balaban J connectivity index is 2.98. The second kappa shape index (κ2) is 2.10. The van der Waals surface area contributed by atoms with E-state index in [4.69, 9.17) is 5.11 Å². The van der Waals surface area contributed by atoms with Gasteiger partial charge in [-0.2, -0.15) is 4.39 Å². The van der Waals surface area contributed by atoms with Crippen LogP contribution in [0.2, 0.25) is 0 Å². The van der Waals surface area contributed by atoms with Crippen molar-refractivity contribution in [1.29, 1.82) is 0 Å². The number of nitrogens with zero attached hydrogens (tertiary/aromatic N) is 1. The highest BCUT2D eigenvalue weighted by Gasteiger charge is 2.06. The van der Waals surface area contributed by atoms with Crippen molar-refractivity contribution in [3.8, 4) is 0 Å². The molecular formula is C4H2FNO2S. The van der Waals surface area contributed by atoms with Gasteiger partial charge in [-0.25, -0.2) is 9.78 Å². The summed E-state index contributed by atoms with van der Waals surface area (Å²) in [6, 6.07) is 0. The topological polar surface area (TPSA) is 50.2 Å². The lowest BCUT2D eigenvalue weighted by Crippen LogP contribution is -1.89. The first-order chi connectivity index (χ1) is 4.20. The molecule has 0 atom stereocenters. The summed E-state index contributed by atoms with van der Waals surface area (Å²) in [6.07, 6.45) is 0.988. The molecule has 1 rings (SSSR count). The average Bonchev–Trinajstić information content (AvgIpc) is 2.14. The number of hydrogen-bond donors (Lipinski definition) is 1. The van der Waals surface area contributed by atoms with E-state index in [1.54, 1.807) is 0 Å². The fraction of sp³-hybridized carbons (Fsp3) is 0. The SMILES string of the molecule is O=C(O)c1cnc(F)s1. The first-order valence-corrected chi connectivity index (χ1v) is 2.86. The van der Waals surface area contributed by atoms with Crippen molar-refractivity contribution in [3.63, 3.8) is 0 Å². The molecule has 0 bridgehead atoms. The molecular weight excluding hydrogens is 145 g/mol. The van der Waals surface area contributed by atoms with Crippen molar-refractivity contribution in [2.24, 2.45) is 0 Å². The summed E-state index contributed by atoms with van der Waals surface area (Å²) >= 11 is 0.519. The number of halogens is 1. The fourth-order valence-corrected chi connectivity index (χ4v) is 0.831. The Labute approximate surface area is 53.8 Å². The van der Waals surface area contributed by atoms with Crippen molar-refractivity contribution in [2.45, 2.75) is 0 Å². The van der Waals surface area contributed by atoms with Crippen LogP contribution in [0.5, 0.6) is 0 Å². The molecule has 48 valence electrons. The van der Waals surface area contributed by atoms with E-state index in [0.29, 0.717) is 11.3 Å². The highest BCUT2D eigenvalue weighted by atomic mass is 32.1. The number of carboxylic acids is 1. The Morgan fingerprint density at radius 2 is 2.56 bits per heavy atom. The Hall–Kier alpha value is -0.970. The molecule has 0 aliphatic heterocycles. The van der Waals surface area contributed by atoms with E-state index in [1.807, 2.05) is 0 Å². The van der Waals surface area contributed by atoms with Crippen LogP contribution in [0.1, 0.15) is 9.67 Å². The second-order valence-electron chi connectivity index (χ2n) is 1.28. The van der Waals surface area contributed by atoms with Crippen LogP contribution in [0, 0.1) is 5.26 Å². The standard InChI is InChI=1S/C4H2FNO2S/c5-4-6-1-2(9-4)3(7)8/h1H,(H,7,8). The van der Waals surface area contributed by atoms with Crippen LogP contribution in [-0.4, -0.2) is 16.1 Å². The minimum Gasteiger partial charge on any atom is -0.477 e. The second-order valence-corrected chi connectivity index (χ2v) is 2.26. The summed E-state index contributed by atoms with van der Waals surface area (Å²) in [5.41, 5.74) is 0. The molecule has 1 heterocycles. The molecule has 0 saturated heterocycles. The molecule has 0 aliphatic carbocycles. The first-order valence-electron chi connectivity index (χ1n) is 2.05. The van der Waals surface area contributed by atoms with Crippen LogP contribution in [0.15, 0.2) is 6.20 Å². The summed E-state index contributed by atoms with van der Waals surface area (Å²) in [5, 5.41) is 7.49. The molecule has 0 aliphatic rings.